The second-order valence-corrected chi connectivity index (χ2v) is 7.77. The third kappa shape index (κ3) is 3.17. The molecule has 1 amide bonds. The average molecular weight is 446 g/mol. The third-order valence-corrected chi connectivity index (χ3v) is 5.29. The van der Waals surface area contributed by atoms with Gasteiger partial charge in [-0.05, 0) is 47.9 Å². The van der Waals surface area contributed by atoms with Gasteiger partial charge in [0.2, 0.25) is 0 Å². The smallest absolute Gasteiger partial charge is 0.262 e. The summed E-state index contributed by atoms with van der Waals surface area (Å²) in [4.78, 5) is 12.5. The van der Waals surface area contributed by atoms with Gasteiger partial charge in [0, 0.05) is 15.4 Å². The van der Waals surface area contributed by atoms with Crippen LogP contribution >= 0.6 is 31.9 Å². The molecule has 5 heteroatoms. The molecule has 0 bridgehead atoms. The van der Waals surface area contributed by atoms with Gasteiger partial charge in [-0.3, -0.25) is 4.79 Å². The van der Waals surface area contributed by atoms with Crippen LogP contribution in [0.1, 0.15) is 24.5 Å². The van der Waals surface area contributed by atoms with Crippen molar-refractivity contribution in [2.24, 2.45) is 0 Å². The van der Waals surface area contributed by atoms with E-state index in [1.807, 2.05) is 55.5 Å². The second-order valence-electron chi connectivity index (χ2n) is 5.94. The van der Waals surface area contributed by atoms with Crippen LogP contribution in [0.3, 0.4) is 0 Å². The molecule has 2 aromatic rings. The fraction of sp³-hybridized carbons (Fsp3) is 0.158. The summed E-state index contributed by atoms with van der Waals surface area (Å²) in [5.41, 5.74) is 2.31. The van der Waals surface area contributed by atoms with Crippen molar-refractivity contribution < 1.29 is 4.79 Å². The molecule has 120 valence electrons. The highest BCUT2D eigenvalue weighted by molar-refractivity contribution is 9.10. The Labute approximate surface area is 157 Å². The van der Waals surface area contributed by atoms with Crippen LogP contribution in [-0.4, -0.2) is 5.91 Å². The van der Waals surface area contributed by atoms with Crippen LogP contribution in [0.25, 0.3) is 5.57 Å². The maximum absolute atomic E-state index is 12.5. The van der Waals surface area contributed by atoms with Crippen LogP contribution in [0, 0.1) is 11.3 Å². The summed E-state index contributed by atoms with van der Waals surface area (Å²) < 4.78 is 1.94. The predicted octanol–water partition coefficient (Wildman–Crippen LogP) is 4.92. The van der Waals surface area contributed by atoms with Crippen LogP contribution in [0.2, 0.25) is 0 Å². The van der Waals surface area contributed by atoms with E-state index in [0.29, 0.717) is 6.42 Å². The van der Waals surface area contributed by atoms with Crippen molar-refractivity contribution in [2.45, 2.75) is 18.9 Å². The lowest BCUT2D eigenvalue weighted by Gasteiger charge is -2.36. The first-order chi connectivity index (χ1) is 11.4. The summed E-state index contributed by atoms with van der Waals surface area (Å²) in [6.07, 6.45) is 0.560. The molecule has 3 nitrogen and oxygen atoms in total. The molecule has 0 radical (unpaired) electrons. The van der Waals surface area contributed by atoms with E-state index in [4.69, 9.17) is 0 Å². The van der Waals surface area contributed by atoms with Crippen LogP contribution in [0.5, 0.6) is 0 Å². The van der Waals surface area contributed by atoms with Crippen molar-refractivity contribution in [2.75, 3.05) is 0 Å². The van der Waals surface area contributed by atoms with E-state index in [-0.39, 0.29) is 11.5 Å². The quantitative estimate of drug-likeness (QED) is 0.712. The van der Waals surface area contributed by atoms with Gasteiger partial charge in [0.1, 0.15) is 11.6 Å². The van der Waals surface area contributed by atoms with Gasteiger partial charge >= 0.3 is 0 Å². The van der Waals surface area contributed by atoms with Crippen molar-refractivity contribution in [3.63, 3.8) is 0 Å². The SMILES string of the molecule is CC1(c2ccc(Br)cc2)CC(c2ccc(Br)cc2)=C(C#N)C(=O)N1. The molecular weight excluding hydrogens is 432 g/mol. The Bertz CT molecular complexity index is 864. The molecule has 0 fully saturated rings. The van der Waals surface area contributed by atoms with E-state index in [9.17, 15) is 10.1 Å². The normalized spacial score (nSPS) is 20.5. The number of amides is 1. The Balaban J connectivity index is 2.09. The fourth-order valence-electron chi connectivity index (χ4n) is 2.94. The van der Waals surface area contributed by atoms with E-state index < -0.39 is 5.54 Å². The Morgan fingerprint density at radius 3 is 2.12 bits per heavy atom. The molecule has 1 aliphatic heterocycles. The van der Waals surface area contributed by atoms with Crippen molar-refractivity contribution in [1.82, 2.24) is 5.32 Å². The summed E-state index contributed by atoms with van der Waals surface area (Å²) in [5, 5.41) is 12.4. The molecule has 1 heterocycles. The molecule has 0 aliphatic carbocycles. The highest BCUT2D eigenvalue weighted by Crippen LogP contribution is 2.38. The summed E-state index contributed by atoms with van der Waals surface area (Å²) in [5.74, 6) is -0.327. The van der Waals surface area contributed by atoms with Crippen LogP contribution < -0.4 is 5.32 Å². The van der Waals surface area contributed by atoms with Crippen LogP contribution in [0.15, 0.2) is 63.0 Å². The monoisotopic (exact) mass is 444 g/mol. The zero-order valence-electron chi connectivity index (χ0n) is 12.9. The van der Waals surface area contributed by atoms with Gasteiger partial charge in [-0.15, -0.1) is 0 Å². The molecular formula is C19H14Br2N2O. The molecule has 0 saturated carbocycles. The minimum absolute atomic E-state index is 0.187. The molecule has 1 unspecified atom stereocenters. The van der Waals surface area contributed by atoms with Gasteiger partial charge in [-0.25, -0.2) is 0 Å². The number of rotatable bonds is 2. The number of nitrogens with one attached hydrogen (secondary N) is 1. The highest BCUT2D eigenvalue weighted by atomic mass is 79.9. The van der Waals surface area contributed by atoms with Gasteiger partial charge in [0.05, 0.1) is 5.54 Å². The predicted molar refractivity (Wildman–Crippen MR) is 101 cm³/mol. The summed E-state index contributed by atoms with van der Waals surface area (Å²) in [6.45, 7) is 1.99. The lowest BCUT2D eigenvalue weighted by Crippen LogP contribution is -2.47. The number of nitrogens with zero attached hydrogens (tertiary/aromatic N) is 1. The lowest BCUT2D eigenvalue weighted by atomic mass is 9.78. The highest BCUT2D eigenvalue weighted by Gasteiger charge is 2.37. The maximum Gasteiger partial charge on any atom is 0.262 e. The Kier molecular flexibility index (Phi) is 4.62. The number of halogens is 2. The van der Waals surface area contributed by atoms with Crippen molar-refractivity contribution in [3.8, 4) is 6.07 Å². The lowest BCUT2D eigenvalue weighted by molar-refractivity contribution is -0.119. The second kappa shape index (κ2) is 6.54. The molecule has 3 rings (SSSR count). The van der Waals surface area contributed by atoms with Crippen molar-refractivity contribution in [3.05, 3.63) is 74.2 Å². The minimum Gasteiger partial charge on any atom is -0.342 e. The first-order valence-electron chi connectivity index (χ1n) is 7.41. The van der Waals surface area contributed by atoms with Gasteiger partial charge in [0.15, 0.2) is 0 Å². The molecule has 1 N–H and O–H groups in total. The van der Waals surface area contributed by atoms with Crippen LogP contribution in [0.4, 0.5) is 0 Å². The first kappa shape index (κ1) is 16.9. The molecule has 1 atom stereocenters. The number of benzene rings is 2. The number of hydrogen-bond acceptors (Lipinski definition) is 2. The summed E-state index contributed by atoms with van der Waals surface area (Å²) in [7, 11) is 0. The minimum atomic E-state index is -0.555. The van der Waals surface area contributed by atoms with Crippen molar-refractivity contribution in [1.29, 1.82) is 5.26 Å². The van der Waals surface area contributed by atoms with E-state index >= 15 is 0 Å². The Morgan fingerprint density at radius 2 is 1.58 bits per heavy atom. The molecule has 24 heavy (non-hydrogen) atoms. The molecule has 0 spiro atoms. The average Bonchev–Trinajstić information content (AvgIpc) is 2.55. The molecule has 1 aliphatic rings. The maximum atomic E-state index is 12.5. The van der Waals surface area contributed by atoms with E-state index in [2.05, 4.69) is 43.2 Å². The topological polar surface area (TPSA) is 52.9 Å². The fourth-order valence-corrected chi connectivity index (χ4v) is 3.47. The number of carbonyl (C=O) groups excluding carboxylic acids is 1. The zero-order valence-corrected chi connectivity index (χ0v) is 16.1. The Hall–Kier alpha value is -1.90. The molecule has 0 saturated heterocycles. The molecule has 0 aromatic heterocycles. The Morgan fingerprint density at radius 1 is 1.04 bits per heavy atom. The van der Waals surface area contributed by atoms with Gasteiger partial charge in [-0.1, -0.05) is 56.1 Å². The van der Waals surface area contributed by atoms with E-state index in [0.717, 1.165) is 25.6 Å². The number of carbonyl (C=O) groups is 1. The van der Waals surface area contributed by atoms with Crippen LogP contribution in [-0.2, 0) is 10.3 Å². The zero-order chi connectivity index (χ0) is 17.3. The summed E-state index contributed by atoms with van der Waals surface area (Å²) in [6, 6.07) is 17.6. The van der Waals surface area contributed by atoms with Crippen molar-refractivity contribution >= 4 is 43.3 Å². The number of hydrogen-bond donors (Lipinski definition) is 1. The number of nitriles is 1. The largest absolute Gasteiger partial charge is 0.342 e. The van der Waals surface area contributed by atoms with Gasteiger partial charge < -0.3 is 5.32 Å². The molecule has 2 aromatic carbocycles. The third-order valence-electron chi connectivity index (χ3n) is 4.23. The van der Waals surface area contributed by atoms with Gasteiger partial charge in [-0.2, -0.15) is 5.26 Å². The standard InChI is InChI=1S/C19H14Br2N2O/c1-19(13-4-8-15(21)9-5-13)10-16(17(11-22)18(24)23-19)12-2-6-14(20)7-3-12/h2-9H,10H2,1H3,(H,23,24). The van der Waals surface area contributed by atoms with Gasteiger partial charge in [0.25, 0.3) is 5.91 Å². The summed E-state index contributed by atoms with van der Waals surface area (Å²) >= 11 is 6.85. The van der Waals surface area contributed by atoms with E-state index in [1.165, 1.54) is 0 Å². The van der Waals surface area contributed by atoms with E-state index in [1.54, 1.807) is 0 Å². The first-order valence-corrected chi connectivity index (χ1v) is 8.99.